The van der Waals surface area contributed by atoms with E-state index in [9.17, 15) is 0 Å². The van der Waals surface area contributed by atoms with Crippen molar-refractivity contribution in [2.24, 2.45) is 5.73 Å². The van der Waals surface area contributed by atoms with Crippen LogP contribution in [-0.4, -0.2) is 37.2 Å². The first-order chi connectivity index (χ1) is 9.26. The van der Waals surface area contributed by atoms with E-state index >= 15 is 0 Å². The second-order valence-electron chi connectivity index (χ2n) is 4.09. The molecule has 1 atom stereocenters. The number of allylic oxidation sites excluding steroid dienone is 3. The van der Waals surface area contributed by atoms with E-state index in [-0.39, 0.29) is 0 Å². The summed E-state index contributed by atoms with van der Waals surface area (Å²) in [6, 6.07) is 0.316. The molecule has 0 aliphatic carbocycles. The number of hydrogen-bond donors (Lipinski definition) is 1. The summed E-state index contributed by atoms with van der Waals surface area (Å²) in [5.74, 6) is 0.785. The summed E-state index contributed by atoms with van der Waals surface area (Å²) >= 11 is 0. The van der Waals surface area contributed by atoms with E-state index in [1.165, 1.54) is 0 Å². The average molecular weight is 529 g/mol. The van der Waals surface area contributed by atoms with Gasteiger partial charge in [-0.2, -0.15) is 0 Å². The van der Waals surface area contributed by atoms with E-state index in [1.807, 2.05) is 19.9 Å². The number of rotatable bonds is 3. The summed E-state index contributed by atoms with van der Waals surface area (Å²) in [6.45, 7) is 14.7. The predicted molar refractivity (Wildman–Crippen MR) is 80.6 cm³/mol. The Balaban J connectivity index is 0.00000115. The van der Waals surface area contributed by atoms with Crippen LogP contribution in [0.25, 0.3) is 5.32 Å². The molecule has 2 aliphatic heterocycles. The van der Waals surface area contributed by atoms with E-state index < -0.39 is 0 Å². The molecule has 2 N–H and O–H groups in total. The van der Waals surface area contributed by atoms with Crippen LogP contribution in [-0.2, 0) is 4.74 Å². The number of nitrogens with zero attached hydrogens (tertiary/aromatic N) is 2. The summed E-state index contributed by atoms with van der Waals surface area (Å²) in [4.78, 5) is 2.30. The Labute approximate surface area is 116 Å². The van der Waals surface area contributed by atoms with Crippen LogP contribution in [0.1, 0.15) is 13.8 Å². The van der Waals surface area contributed by atoms with Crippen molar-refractivity contribution in [3.05, 3.63) is 53.9 Å². The smallest absolute Gasteiger partial charge is 0.142 e. The third kappa shape index (κ3) is 3.65. The Bertz CT molecular complexity index is 391. The summed E-state index contributed by atoms with van der Waals surface area (Å²) in [7, 11) is 0. The molecule has 5 heteroatoms. The standard InChI is InChI=1S/C13H18N3O.C2H6.Rf/c1-3-10(14)7-12-13(4-2)17-9-11-8-15-5-6-16(11)12;1-2;/h3-4,7,11H,1-2,5-6,8-9,14H2;1-2H3;/q-1;;/b10-7+;;. The fraction of sp³-hybridized carbons (Fsp3) is 0.467. The fourth-order valence-electron chi connectivity index (χ4n) is 2.10. The maximum absolute atomic E-state index is 5.81. The SMILES string of the molecule is C=CC1=C(/C=C(/N)C=C)N2CC[N-]CC2CO1.CC.[Rf]. The van der Waals surface area contributed by atoms with Crippen LogP contribution in [0.5, 0.6) is 0 Å². The van der Waals surface area contributed by atoms with Crippen molar-refractivity contribution in [1.29, 1.82) is 0 Å². The zero-order valence-corrected chi connectivity index (χ0v) is 19.0. The molecule has 0 aromatic heterocycles. The molecule has 108 valence electrons. The minimum absolute atomic E-state index is 0. The topological polar surface area (TPSA) is 52.6 Å². The van der Waals surface area contributed by atoms with Crippen molar-refractivity contribution in [3.8, 4) is 0 Å². The summed E-state index contributed by atoms with van der Waals surface area (Å²) in [6.07, 6.45) is 5.25. The van der Waals surface area contributed by atoms with Gasteiger partial charge in [0.05, 0.1) is 5.70 Å². The third-order valence-electron chi connectivity index (χ3n) is 3.00. The molecule has 0 saturated carbocycles. The van der Waals surface area contributed by atoms with Gasteiger partial charge in [-0.05, 0) is 24.8 Å². The maximum atomic E-state index is 5.81. The number of fused-ring (bicyclic) bond motifs is 1. The van der Waals surface area contributed by atoms with Crippen molar-refractivity contribution in [3.63, 3.8) is 0 Å². The summed E-state index contributed by atoms with van der Waals surface area (Å²) in [5.41, 5.74) is 7.43. The van der Waals surface area contributed by atoms with E-state index in [4.69, 9.17) is 10.5 Å². The van der Waals surface area contributed by atoms with Crippen molar-refractivity contribution in [2.45, 2.75) is 19.9 Å². The number of piperazine rings is 1. The zero-order valence-electron chi connectivity index (χ0n) is 12.6. The van der Waals surface area contributed by atoms with Crippen LogP contribution in [0.2, 0.25) is 0 Å². The Kier molecular flexibility index (Phi) is 7.30. The Morgan fingerprint density at radius 2 is 2.15 bits per heavy atom. The Morgan fingerprint density at radius 3 is 2.75 bits per heavy atom. The van der Waals surface area contributed by atoms with Crippen molar-refractivity contribution in [1.82, 2.24) is 4.90 Å². The van der Waals surface area contributed by atoms with Crippen LogP contribution in [0.4, 0.5) is 0 Å². The fourth-order valence-corrected chi connectivity index (χ4v) is 2.10. The number of ether oxygens (including phenoxy) is 1. The minimum atomic E-state index is 0. The van der Waals surface area contributed by atoms with E-state index in [0.717, 1.165) is 31.1 Å². The molecule has 2 aliphatic rings. The number of nitrogens with two attached hydrogens (primary N) is 1. The van der Waals surface area contributed by atoms with Gasteiger partial charge in [0.1, 0.15) is 12.4 Å². The summed E-state index contributed by atoms with van der Waals surface area (Å²) < 4.78 is 5.68. The van der Waals surface area contributed by atoms with E-state index in [1.54, 1.807) is 12.2 Å². The van der Waals surface area contributed by atoms with Crippen LogP contribution in [0.15, 0.2) is 48.5 Å². The van der Waals surface area contributed by atoms with Crippen LogP contribution < -0.4 is 5.73 Å². The van der Waals surface area contributed by atoms with Gasteiger partial charge < -0.3 is 20.7 Å². The summed E-state index contributed by atoms with van der Waals surface area (Å²) in [5, 5.41) is 4.40. The molecule has 2 rings (SSSR count). The molecule has 0 aromatic rings. The van der Waals surface area contributed by atoms with Crippen LogP contribution >= 0.6 is 0 Å². The molecule has 2 heterocycles. The molecule has 1 saturated heterocycles. The van der Waals surface area contributed by atoms with Crippen LogP contribution in [0.3, 0.4) is 0 Å². The normalized spacial score (nSPS) is 21.6. The first kappa shape index (κ1) is 17.3. The molecule has 1 unspecified atom stereocenters. The molecule has 0 amide bonds. The van der Waals surface area contributed by atoms with Gasteiger partial charge >= 0.3 is 0 Å². The largest absolute Gasteiger partial charge is 0.659 e. The van der Waals surface area contributed by atoms with Gasteiger partial charge in [-0.15, -0.1) is 13.1 Å². The van der Waals surface area contributed by atoms with Gasteiger partial charge in [0, 0.05) is 11.7 Å². The van der Waals surface area contributed by atoms with Gasteiger partial charge in [-0.25, -0.2) is 0 Å². The quantitative estimate of drug-likeness (QED) is 0.573. The minimum Gasteiger partial charge on any atom is -0.659 e. The maximum Gasteiger partial charge on any atom is 0.142 e. The Morgan fingerprint density at radius 1 is 1.45 bits per heavy atom. The van der Waals surface area contributed by atoms with Crippen LogP contribution in [0, 0.1) is 0 Å². The van der Waals surface area contributed by atoms with Crippen molar-refractivity contribution in [2.75, 3.05) is 26.2 Å². The van der Waals surface area contributed by atoms with Gasteiger partial charge in [-0.3, -0.25) is 0 Å². The second kappa shape index (κ2) is 8.43. The molecule has 0 radical (unpaired) electrons. The second-order valence-corrected chi connectivity index (χ2v) is 4.09. The number of hydrogen-bond acceptors (Lipinski definition) is 3. The Hall–Kier alpha value is -2.68. The van der Waals surface area contributed by atoms with E-state index in [2.05, 4.69) is 23.4 Å². The molecular weight excluding hydrogens is 505 g/mol. The molecule has 0 spiro atoms. The van der Waals surface area contributed by atoms with Gasteiger partial charge in [-0.1, -0.05) is 27.0 Å². The molecule has 1 fully saturated rings. The average Bonchev–Trinajstić information content (AvgIpc) is 2.49. The van der Waals surface area contributed by atoms with E-state index in [0.29, 0.717) is 18.3 Å². The zero-order chi connectivity index (χ0) is 14.3. The molecule has 0 aromatic carbocycles. The monoisotopic (exact) mass is 529 g/mol. The molecule has 4 nitrogen and oxygen atoms in total. The molecule has 0 bridgehead atoms. The first-order valence-electron chi connectivity index (χ1n) is 6.75. The van der Waals surface area contributed by atoms with Gasteiger partial charge in [0.25, 0.3) is 0 Å². The molecule has 20 heavy (non-hydrogen) atoms. The first-order valence-corrected chi connectivity index (χ1v) is 6.75. The van der Waals surface area contributed by atoms with Crippen molar-refractivity contribution < 1.29 is 4.74 Å². The van der Waals surface area contributed by atoms with Crippen molar-refractivity contribution >= 4 is 0 Å². The predicted octanol–water partition coefficient (Wildman–Crippen LogP) is 2.53. The molecular formula is C15H24N3ORf-. The van der Waals surface area contributed by atoms with Gasteiger partial charge in [0.15, 0.2) is 0 Å². The third-order valence-corrected chi connectivity index (χ3v) is 3.00. The van der Waals surface area contributed by atoms with Gasteiger partial charge in [0.2, 0.25) is 0 Å².